The summed E-state index contributed by atoms with van der Waals surface area (Å²) in [7, 11) is 0. The molecule has 0 aromatic carbocycles. The summed E-state index contributed by atoms with van der Waals surface area (Å²) in [6.07, 6.45) is -3.41. The fourth-order valence-corrected chi connectivity index (χ4v) is 1.60. The van der Waals surface area contributed by atoms with Crippen LogP contribution in [-0.4, -0.2) is 15.5 Å². The lowest BCUT2D eigenvalue weighted by atomic mass is 10.3. The third-order valence-electron chi connectivity index (χ3n) is 2.24. The van der Waals surface area contributed by atoms with Crippen LogP contribution in [-0.2, 0) is 11.0 Å². The Kier molecular flexibility index (Phi) is 2.48. The molecule has 0 saturated heterocycles. The molecule has 0 N–H and O–H groups in total. The summed E-state index contributed by atoms with van der Waals surface area (Å²) in [4.78, 5) is 16.6. The molecule has 2 rings (SSSR count). The van der Waals surface area contributed by atoms with Crippen molar-refractivity contribution in [3.63, 3.8) is 0 Å². The molecule has 0 spiro atoms. The number of alkyl halides is 3. The molecule has 2 aromatic heterocycles. The van der Waals surface area contributed by atoms with Crippen LogP contribution in [0.3, 0.4) is 0 Å². The first-order valence-electron chi connectivity index (χ1n) is 4.58. The first-order chi connectivity index (χ1) is 7.95. The van der Waals surface area contributed by atoms with Gasteiger partial charge in [-0.3, -0.25) is 4.40 Å². The molecule has 88 valence electrons. The number of halogens is 3. The Labute approximate surface area is 93.4 Å². The summed E-state index contributed by atoms with van der Waals surface area (Å²) < 4.78 is 39.1. The third kappa shape index (κ3) is 1.81. The van der Waals surface area contributed by atoms with Gasteiger partial charge in [0, 0.05) is 5.69 Å². The lowest BCUT2D eigenvalue weighted by molar-refractivity contribution is -0.145. The normalized spacial score (nSPS) is 11.5. The van der Waals surface area contributed by atoms with E-state index in [4.69, 9.17) is 0 Å². The number of rotatable bonds is 1. The molecule has 0 aliphatic rings. The molecular weight excluding hydrogens is 235 g/mol. The molecule has 4 nitrogen and oxygen atoms in total. The number of aromatic nitrogens is 2. The molecule has 0 aliphatic carbocycles. The maximum absolute atomic E-state index is 12.7. The van der Waals surface area contributed by atoms with Gasteiger partial charge in [0.25, 0.3) is 0 Å². The Balaban J connectivity index is 2.90. The van der Waals surface area contributed by atoms with Crippen LogP contribution >= 0.6 is 0 Å². The van der Waals surface area contributed by atoms with Crippen molar-refractivity contribution < 1.29 is 18.0 Å². The topological polar surface area (TPSA) is 46.7 Å². The first kappa shape index (κ1) is 11.3. The zero-order valence-corrected chi connectivity index (χ0v) is 8.62. The van der Waals surface area contributed by atoms with Gasteiger partial charge in [-0.05, 0) is 19.1 Å². The fraction of sp³-hybridized carbons (Fsp3) is 0.200. The van der Waals surface area contributed by atoms with Crippen molar-refractivity contribution in [2.75, 3.05) is 0 Å². The molecule has 0 radical (unpaired) electrons. The average Bonchev–Trinajstić information content (AvgIpc) is 2.59. The maximum atomic E-state index is 12.7. The highest BCUT2D eigenvalue weighted by Gasteiger charge is 2.37. The number of isocyanates is 1. The van der Waals surface area contributed by atoms with E-state index in [-0.39, 0.29) is 11.3 Å². The van der Waals surface area contributed by atoms with Gasteiger partial charge in [0.15, 0.2) is 5.82 Å². The van der Waals surface area contributed by atoms with Crippen molar-refractivity contribution in [1.82, 2.24) is 9.38 Å². The summed E-state index contributed by atoms with van der Waals surface area (Å²) in [6.45, 7) is 1.51. The van der Waals surface area contributed by atoms with Gasteiger partial charge in [-0.1, -0.05) is 6.07 Å². The quantitative estimate of drug-likeness (QED) is 0.569. The number of carbonyl (C=O) groups excluding carboxylic acids is 1. The largest absolute Gasteiger partial charge is 0.450 e. The lowest BCUT2D eigenvalue weighted by Gasteiger charge is -2.06. The van der Waals surface area contributed by atoms with Crippen LogP contribution in [0, 0.1) is 6.92 Å². The molecule has 0 fully saturated rings. The van der Waals surface area contributed by atoms with E-state index in [1.54, 1.807) is 6.07 Å². The van der Waals surface area contributed by atoms with Crippen LogP contribution in [0.15, 0.2) is 23.2 Å². The molecular formula is C10H6F3N3O. The highest BCUT2D eigenvalue weighted by molar-refractivity contribution is 5.69. The number of aliphatic imine (C=N–C) groups is 1. The minimum absolute atomic E-state index is 0.126. The Bertz CT molecular complexity index is 623. The van der Waals surface area contributed by atoms with Gasteiger partial charge in [0.2, 0.25) is 11.9 Å². The first-order valence-corrected chi connectivity index (χ1v) is 4.58. The van der Waals surface area contributed by atoms with Crippen LogP contribution in [0.5, 0.6) is 0 Å². The molecule has 0 aliphatic heterocycles. The van der Waals surface area contributed by atoms with Crippen LogP contribution in [0.2, 0.25) is 0 Å². The average molecular weight is 241 g/mol. The second-order valence-corrected chi connectivity index (χ2v) is 3.35. The summed E-state index contributed by atoms with van der Waals surface area (Å²) in [5.74, 6) is -1.38. The SMILES string of the molecule is Cc1cccc2c(N=C=O)nc(C(F)(F)F)n12. The Morgan fingerprint density at radius 1 is 1.41 bits per heavy atom. The van der Waals surface area contributed by atoms with Crippen molar-refractivity contribution >= 4 is 17.4 Å². The van der Waals surface area contributed by atoms with Gasteiger partial charge >= 0.3 is 6.18 Å². The molecule has 2 aromatic rings. The van der Waals surface area contributed by atoms with Crippen LogP contribution in [0.25, 0.3) is 5.52 Å². The van der Waals surface area contributed by atoms with E-state index in [1.807, 2.05) is 0 Å². The number of pyridine rings is 1. The molecule has 0 saturated carbocycles. The number of hydrogen-bond acceptors (Lipinski definition) is 3. The summed E-state index contributed by atoms with van der Waals surface area (Å²) in [5.41, 5.74) is 0.482. The van der Waals surface area contributed by atoms with Crippen LogP contribution < -0.4 is 0 Å². The number of hydrogen-bond donors (Lipinski definition) is 0. The van der Waals surface area contributed by atoms with Gasteiger partial charge in [-0.2, -0.15) is 13.2 Å². The van der Waals surface area contributed by atoms with E-state index in [0.29, 0.717) is 5.69 Å². The minimum Gasteiger partial charge on any atom is -0.291 e. The third-order valence-corrected chi connectivity index (χ3v) is 2.24. The zero-order valence-electron chi connectivity index (χ0n) is 8.62. The molecule has 2 heterocycles. The molecule has 0 unspecified atom stereocenters. The van der Waals surface area contributed by atoms with Gasteiger partial charge < -0.3 is 0 Å². The zero-order chi connectivity index (χ0) is 12.6. The van der Waals surface area contributed by atoms with E-state index >= 15 is 0 Å². The number of nitrogens with zero attached hydrogens (tertiary/aromatic N) is 3. The number of aryl methyl sites for hydroxylation is 1. The van der Waals surface area contributed by atoms with E-state index in [2.05, 4.69) is 9.98 Å². The van der Waals surface area contributed by atoms with Gasteiger partial charge in [-0.15, -0.1) is 4.99 Å². The van der Waals surface area contributed by atoms with Gasteiger partial charge in [0.05, 0.1) is 5.52 Å². The monoisotopic (exact) mass is 241 g/mol. The lowest BCUT2D eigenvalue weighted by Crippen LogP contribution is -2.11. The molecule has 0 amide bonds. The van der Waals surface area contributed by atoms with Crippen molar-refractivity contribution in [3.05, 3.63) is 29.7 Å². The molecule has 7 heteroatoms. The van der Waals surface area contributed by atoms with Crippen molar-refractivity contribution in [2.45, 2.75) is 13.1 Å². The van der Waals surface area contributed by atoms with Crippen molar-refractivity contribution in [1.29, 1.82) is 0 Å². The predicted molar refractivity (Wildman–Crippen MR) is 52.7 cm³/mol. The van der Waals surface area contributed by atoms with Crippen LogP contribution in [0.1, 0.15) is 11.5 Å². The standard InChI is InChI=1S/C10H6F3N3O/c1-6-3-2-4-7-8(14-5-17)15-9(16(6)7)10(11,12)13/h2-4H,1H3. The summed E-state index contributed by atoms with van der Waals surface area (Å²) in [5, 5.41) is 0. The van der Waals surface area contributed by atoms with Gasteiger partial charge in [-0.25, -0.2) is 9.78 Å². The molecule has 17 heavy (non-hydrogen) atoms. The van der Waals surface area contributed by atoms with E-state index in [0.717, 1.165) is 4.40 Å². The fourth-order valence-electron chi connectivity index (χ4n) is 1.60. The number of fused-ring (bicyclic) bond motifs is 1. The Morgan fingerprint density at radius 3 is 2.71 bits per heavy atom. The predicted octanol–water partition coefficient (Wildman–Crippen LogP) is 2.63. The molecule has 0 atom stereocenters. The molecule has 0 bridgehead atoms. The highest BCUT2D eigenvalue weighted by Crippen LogP contribution is 2.33. The maximum Gasteiger partial charge on any atom is 0.450 e. The Hall–Kier alpha value is -2.14. The van der Waals surface area contributed by atoms with Crippen molar-refractivity contribution in [3.8, 4) is 0 Å². The van der Waals surface area contributed by atoms with Crippen molar-refractivity contribution in [2.24, 2.45) is 4.99 Å². The second kappa shape index (κ2) is 3.71. The smallest absolute Gasteiger partial charge is 0.291 e. The van der Waals surface area contributed by atoms with Crippen LogP contribution in [0.4, 0.5) is 19.0 Å². The minimum atomic E-state index is -4.61. The second-order valence-electron chi connectivity index (χ2n) is 3.35. The van der Waals surface area contributed by atoms with E-state index < -0.39 is 12.0 Å². The number of imidazole rings is 1. The highest BCUT2D eigenvalue weighted by atomic mass is 19.4. The van der Waals surface area contributed by atoms with E-state index in [1.165, 1.54) is 25.1 Å². The van der Waals surface area contributed by atoms with Gasteiger partial charge in [0.1, 0.15) is 0 Å². The summed E-state index contributed by atoms with van der Waals surface area (Å²) in [6, 6.07) is 4.49. The Morgan fingerprint density at radius 2 is 2.12 bits per heavy atom. The van der Waals surface area contributed by atoms with E-state index in [9.17, 15) is 18.0 Å². The summed E-state index contributed by atoms with van der Waals surface area (Å²) >= 11 is 0.